The van der Waals surface area contributed by atoms with Crippen LogP contribution in [-0.4, -0.2) is 82.0 Å². The predicted octanol–water partition coefficient (Wildman–Crippen LogP) is 3.14. The van der Waals surface area contributed by atoms with Crippen LogP contribution in [0, 0.1) is 10.8 Å². The first-order chi connectivity index (χ1) is 19.3. The van der Waals surface area contributed by atoms with Crippen molar-refractivity contribution in [1.82, 2.24) is 25.2 Å². The number of hydrogen-bond donors (Lipinski definition) is 4. The van der Waals surface area contributed by atoms with E-state index in [4.69, 9.17) is 5.73 Å². The van der Waals surface area contributed by atoms with Crippen molar-refractivity contribution in [3.8, 4) is 0 Å². The molecule has 4 unspecified atom stereocenters. The molecule has 2 rings (SSSR count). The van der Waals surface area contributed by atoms with Gasteiger partial charge in [-0.25, -0.2) is 9.10 Å². The third-order valence-electron chi connectivity index (χ3n) is 7.21. The van der Waals surface area contributed by atoms with E-state index >= 15 is 0 Å². The van der Waals surface area contributed by atoms with Crippen molar-refractivity contribution >= 4 is 52.8 Å². The Hall–Kier alpha value is -2.64. The molecule has 0 bridgehead atoms. The molecule has 0 radical (unpaired) electrons. The molecule has 5 amide bonds. The molecule has 1 fully saturated rings. The molecule has 0 aliphatic carbocycles. The minimum absolute atomic E-state index is 0.218. The minimum Gasteiger partial charge on any atom is -0.363 e. The molecule has 5 N–H and O–H groups in total. The van der Waals surface area contributed by atoms with Gasteiger partial charge in [0.05, 0.1) is 10.3 Å². The Morgan fingerprint density at radius 1 is 1.05 bits per heavy atom. The summed E-state index contributed by atoms with van der Waals surface area (Å²) >= 11 is 3.32. The van der Waals surface area contributed by atoms with Gasteiger partial charge in [0.2, 0.25) is 17.6 Å². The van der Waals surface area contributed by atoms with Crippen molar-refractivity contribution < 1.29 is 24.0 Å². The zero-order chi connectivity index (χ0) is 32.0. The summed E-state index contributed by atoms with van der Waals surface area (Å²) in [7, 11) is 0. The second-order valence-corrected chi connectivity index (χ2v) is 15.5. The summed E-state index contributed by atoms with van der Waals surface area (Å²) in [6, 6.07) is 0.745. The van der Waals surface area contributed by atoms with E-state index in [2.05, 4.69) is 60.9 Å². The van der Waals surface area contributed by atoms with Crippen molar-refractivity contribution in [1.29, 1.82) is 0 Å². The van der Waals surface area contributed by atoms with Gasteiger partial charge >= 0.3 is 6.03 Å². The number of nitrogens with one attached hydrogen (secondary N) is 3. The SMILES string of the molecule is CC(NC(=O)C1CCCN1C(=O)C(NC(=O)NC(CN(Sc1cccs1)C(C)C)C(C)(C)C)C(C)(C)C)C(=O)C(N)=O. The first-order valence-electron chi connectivity index (χ1n) is 14.3. The summed E-state index contributed by atoms with van der Waals surface area (Å²) in [5.41, 5.74) is 4.11. The van der Waals surface area contributed by atoms with Crippen molar-refractivity contribution in [2.75, 3.05) is 13.1 Å². The summed E-state index contributed by atoms with van der Waals surface area (Å²) in [5, 5.41) is 10.6. The maximum atomic E-state index is 13.8. The van der Waals surface area contributed by atoms with Crippen LogP contribution in [0.3, 0.4) is 0 Å². The van der Waals surface area contributed by atoms with E-state index in [1.54, 1.807) is 23.3 Å². The number of primary amides is 1. The van der Waals surface area contributed by atoms with Gasteiger partial charge in [-0.3, -0.25) is 19.2 Å². The van der Waals surface area contributed by atoms with E-state index in [9.17, 15) is 24.0 Å². The van der Waals surface area contributed by atoms with E-state index in [1.165, 1.54) is 11.8 Å². The van der Waals surface area contributed by atoms with Crippen molar-refractivity contribution in [3.05, 3.63) is 17.5 Å². The molecule has 1 aliphatic heterocycles. The molecule has 2 heterocycles. The number of urea groups is 1. The van der Waals surface area contributed by atoms with Gasteiger partial charge in [0.1, 0.15) is 12.1 Å². The number of amides is 5. The molecule has 236 valence electrons. The number of carbonyl (C=O) groups excluding carboxylic acids is 5. The molecule has 13 heteroatoms. The lowest BCUT2D eigenvalue weighted by Gasteiger charge is -2.38. The number of hydrogen-bond acceptors (Lipinski definition) is 8. The molecule has 42 heavy (non-hydrogen) atoms. The minimum atomic E-state index is -1.14. The number of Topliss-reactive ketones (excluding diaryl/α,β-unsaturated/α-hetero) is 1. The average molecular weight is 625 g/mol. The zero-order valence-electron chi connectivity index (χ0n) is 26.3. The lowest BCUT2D eigenvalue weighted by Crippen LogP contribution is -2.61. The summed E-state index contributed by atoms with van der Waals surface area (Å²) in [4.78, 5) is 64.9. The largest absolute Gasteiger partial charge is 0.363 e. The molecule has 1 aliphatic rings. The van der Waals surface area contributed by atoms with Crippen molar-refractivity contribution in [3.63, 3.8) is 0 Å². The summed E-state index contributed by atoms with van der Waals surface area (Å²) in [5.74, 6) is -2.97. The Kier molecular flexibility index (Phi) is 12.4. The smallest absolute Gasteiger partial charge is 0.315 e. The van der Waals surface area contributed by atoms with E-state index in [-0.39, 0.29) is 23.4 Å². The van der Waals surface area contributed by atoms with Gasteiger partial charge in [-0.2, -0.15) is 0 Å². The molecule has 4 atom stereocenters. The Morgan fingerprint density at radius 3 is 2.19 bits per heavy atom. The molecule has 1 aromatic heterocycles. The van der Waals surface area contributed by atoms with Crippen LogP contribution in [0.2, 0.25) is 0 Å². The Labute approximate surface area is 258 Å². The van der Waals surface area contributed by atoms with E-state index in [0.717, 1.165) is 4.21 Å². The topological polar surface area (TPSA) is 154 Å². The second-order valence-electron chi connectivity index (χ2n) is 13.2. The van der Waals surface area contributed by atoms with Crippen LogP contribution in [0.4, 0.5) is 4.79 Å². The maximum Gasteiger partial charge on any atom is 0.315 e. The van der Waals surface area contributed by atoms with Crippen LogP contribution in [-0.2, 0) is 19.2 Å². The van der Waals surface area contributed by atoms with E-state index in [0.29, 0.717) is 25.9 Å². The quantitative estimate of drug-likeness (QED) is 0.206. The highest BCUT2D eigenvalue weighted by Gasteiger charge is 2.43. The molecule has 0 spiro atoms. The van der Waals surface area contributed by atoms with E-state index < -0.39 is 47.2 Å². The number of carbonyl (C=O) groups is 5. The highest BCUT2D eigenvalue weighted by molar-refractivity contribution is 7.98. The molecule has 1 aromatic rings. The molecular weight excluding hydrogens is 576 g/mol. The van der Waals surface area contributed by atoms with Crippen LogP contribution in [0.5, 0.6) is 0 Å². The fourth-order valence-electron chi connectivity index (χ4n) is 4.54. The van der Waals surface area contributed by atoms with Crippen LogP contribution in [0.25, 0.3) is 0 Å². The van der Waals surface area contributed by atoms with Crippen LogP contribution in [0.15, 0.2) is 21.7 Å². The van der Waals surface area contributed by atoms with Gasteiger partial charge < -0.3 is 26.6 Å². The Morgan fingerprint density at radius 2 is 1.69 bits per heavy atom. The number of thiophene rings is 1. The fraction of sp³-hybridized carbons (Fsp3) is 0.690. The summed E-state index contributed by atoms with van der Waals surface area (Å²) < 4.78 is 3.41. The lowest BCUT2D eigenvalue weighted by molar-refractivity contribution is -0.143. The average Bonchev–Trinajstić information content (AvgIpc) is 3.56. The first-order valence-corrected chi connectivity index (χ1v) is 16.0. The van der Waals surface area contributed by atoms with Gasteiger partial charge in [-0.1, -0.05) is 47.6 Å². The van der Waals surface area contributed by atoms with Crippen LogP contribution >= 0.6 is 23.3 Å². The van der Waals surface area contributed by atoms with Crippen LogP contribution in [0.1, 0.15) is 75.2 Å². The monoisotopic (exact) mass is 624 g/mol. The lowest BCUT2D eigenvalue weighted by atomic mass is 9.85. The maximum absolute atomic E-state index is 13.8. The standard InChI is InChI=1S/C29H48N6O5S2/c1-17(2)35(42-21-13-11-15-41-21)16-20(28(4,5)6)32-27(40)33-23(29(7,8)9)26(39)34-14-10-12-19(34)25(38)31-18(3)22(36)24(30)37/h11,13,15,17-20,23H,10,12,14,16H2,1-9H3,(H2,30,37)(H,31,38)(H2,32,33,40). The summed E-state index contributed by atoms with van der Waals surface area (Å²) in [6.45, 7) is 18.3. The molecule has 0 saturated carbocycles. The Balaban J connectivity index is 2.18. The highest BCUT2D eigenvalue weighted by atomic mass is 32.2. The van der Waals surface area contributed by atoms with Crippen LogP contribution < -0.4 is 21.7 Å². The number of nitrogens with two attached hydrogens (primary N) is 1. The second kappa shape index (κ2) is 14.7. The number of ketones is 1. The molecule has 11 nitrogen and oxygen atoms in total. The van der Waals surface area contributed by atoms with Crippen molar-refractivity contribution in [2.45, 2.75) is 110 Å². The molecule has 0 aromatic carbocycles. The fourth-order valence-corrected chi connectivity index (χ4v) is 6.42. The summed E-state index contributed by atoms with van der Waals surface area (Å²) in [6.07, 6.45) is 0.987. The zero-order valence-corrected chi connectivity index (χ0v) is 27.9. The third kappa shape index (κ3) is 9.98. The number of likely N-dealkylation sites (tertiary alicyclic amines) is 1. The van der Waals surface area contributed by atoms with Gasteiger partial charge in [0.25, 0.3) is 5.91 Å². The predicted molar refractivity (Wildman–Crippen MR) is 167 cm³/mol. The van der Waals surface area contributed by atoms with Gasteiger partial charge in [-0.05, 0) is 67.8 Å². The molecular formula is C29H48N6O5S2. The van der Waals surface area contributed by atoms with Gasteiger partial charge in [0, 0.05) is 25.2 Å². The highest BCUT2D eigenvalue weighted by Crippen LogP contribution is 2.31. The normalized spacial score (nSPS) is 18.0. The van der Waals surface area contributed by atoms with Gasteiger partial charge in [-0.15, -0.1) is 11.3 Å². The first kappa shape index (κ1) is 35.6. The number of rotatable bonds is 12. The molecule has 1 saturated heterocycles. The third-order valence-corrected chi connectivity index (χ3v) is 9.51. The number of nitrogens with zero attached hydrogens (tertiary/aromatic N) is 2. The Bertz CT molecular complexity index is 1110. The van der Waals surface area contributed by atoms with E-state index in [1.807, 2.05) is 32.2 Å². The van der Waals surface area contributed by atoms with Crippen molar-refractivity contribution in [2.24, 2.45) is 16.6 Å². The van der Waals surface area contributed by atoms with Gasteiger partial charge in [0.15, 0.2) is 0 Å².